The van der Waals surface area contributed by atoms with Crippen LogP contribution in [-0.4, -0.2) is 5.78 Å². The number of ketones is 1. The highest BCUT2D eigenvalue weighted by atomic mass is 16.1. The summed E-state index contributed by atoms with van der Waals surface area (Å²) >= 11 is 0. The summed E-state index contributed by atoms with van der Waals surface area (Å²) in [7, 11) is 0. The molecule has 29 heavy (non-hydrogen) atoms. The molecule has 0 radical (unpaired) electrons. The first kappa shape index (κ1) is 21.3. The van der Waals surface area contributed by atoms with E-state index >= 15 is 0 Å². The number of allylic oxidation sites excluding steroid dienone is 2. The fourth-order valence-electron chi connectivity index (χ4n) is 4.81. The SMILES string of the molecule is CCC1CC(=Cc2c(C)cc(C)cc2C)C(=O)C(=Cc2c(C)cc(C)cc2C)C1. The second-order valence-electron chi connectivity index (χ2n) is 8.98. The molecular formula is C28H34O. The Labute approximate surface area is 176 Å². The van der Waals surface area contributed by atoms with Crippen molar-refractivity contribution in [2.45, 2.75) is 67.7 Å². The standard InChI is InChI=1S/C28H34O/c1-8-23-13-24(15-26-19(4)9-17(2)10-20(26)5)28(29)25(14-23)16-27-21(6)11-18(3)12-22(27)7/h9-12,15-16,23H,8,13-14H2,1-7H3. The number of benzene rings is 2. The quantitative estimate of drug-likeness (QED) is 0.502. The second-order valence-corrected chi connectivity index (χ2v) is 8.98. The molecule has 0 unspecified atom stereocenters. The number of hydrogen-bond donors (Lipinski definition) is 0. The molecule has 0 heterocycles. The largest absolute Gasteiger partial charge is 0.289 e. The van der Waals surface area contributed by atoms with Crippen molar-refractivity contribution in [1.29, 1.82) is 0 Å². The van der Waals surface area contributed by atoms with Gasteiger partial charge in [0.2, 0.25) is 0 Å². The van der Waals surface area contributed by atoms with Crippen LogP contribution in [0, 0.1) is 47.5 Å². The normalized spacial score (nSPS) is 20.0. The van der Waals surface area contributed by atoms with E-state index in [0.717, 1.165) is 30.4 Å². The lowest BCUT2D eigenvalue weighted by atomic mass is 9.78. The van der Waals surface area contributed by atoms with E-state index in [1.807, 2.05) is 0 Å². The van der Waals surface area contributed by atoms with Crippen molar-refractivity contribution in [2.24, 2.45) is 5.92 Å². The molecule has 0 amide bonds. The third kappa shape index (κ3) is 4.61. The van der Waals surface area contributed by atoms with Gasteiger partial charge in [-0.15, -0.1) is 0 Å². The number of carbonyl (C=O) groups excluding carboxylic acids is 1. The summed E-state index contributed by atoms with van der Waals surface area (Å²) in [5.41, 5.74) is 11.9. The van der Waals surface area contributed by atoms with Gasteiger partial charge in [0.05, 0.1) is 0 Å². The molecular weight excluding hydrogens is 352 g/mol. The van der Waals surface area contributed by atoms with Crippen molar-refractivity contribution in [3.05, 3.63) is 79.9 Å². The first-order chi connectivity index (χ1) is 13.7. The lowest BCUT2D eigenvalue weighted by Crippen LogP contribution is -2.20. The molecule has 0 aromatic heterocycles. The van der Waals surface area contributed by atoms with Crippen molar-refractivity contribution in [3.8, 4) is 0 Å². The highest BCUT2D eigenvalue weighted by molar-refractivity contribution is 6.14. The van der Waals surface area contributed by atoms with Crippen LogP contribution in [0.5, 0.6) is 0 Å². The summed E-state index contributed by atoms with van der Waals surface area (Å²) in [4.78, 5) is 13.4. The predicted molar refractivity (Wildman–Crippen MR) is 125 cm³/mol. The van der Waals surface area contributed by atoms with Gasteiger partial charge in [-0.25, -0.2) is 0 Å². The molecule has 1 nitrogen and oxygen atoms in total. The van der Waals surface area contributed by atoms with Crippen LogP contribution in [0.2, 0.25) is 0 Å². The van der Waals surface area contributed by atoms with Gasteiger partial charge >= 0.3 is 0 Å². The Kier molecular flexibility index (Phi) is 6.27. The fourth-order valence-corrected chi connectivity index (χ4v) is 4.81. The molecule has 3 rings (SSSR count). The first-order valence-electron chi connectivity index (χ1n) is 10.8. The van der Waals surface area contributed by atoms with Gasteiger partial charge in [-0.1, -0.05) is 48.7 Å². The van der Waals surface area contributed by atoms with Gasteiger partial charge in [0.25, 0.3) is 0 Å². The molecule has 1 heteroatoms. The van der Waals surface area contributed by atoms with Crippen LogP contribution in [0.1, 0.15) is 70.7 Å². The van der Waals surface area contributed by atoms with Gasteiger partial charge in [-0.3, -0.25) is 4.79 Å². The second kappa shape index (κ2) is 8.53. The van der Waals surface area contributed by atoms with E-state index in [1.165, 1.54) is 44.5 Å². The maximum absolute atomic E-state index is 13.4. The summed E-state index contributed by atoms with van der Waals surface area (Å²) in [6, 6.07) is 8.83. The molecule has 1 saturated carbocycles. The third-order valence-corrected chi connectivity index (χ3v) is 6.29. The van der Waals surface area contributed by atoms with Crippen LogP contribution in [0.4, 0.5) is 0 Å². The highest BCUT2D eigenvalue weighted by Crippen LogP contribution is 2.35. The average Bonchev–Trinajstić information content (AvgIpc) is 2.63. The number of hydrogen-bond acceptors (Lipinski definition) is 1. The molecule has 0 spiro atoms. The summed E-state index contributed by atoms with van der Waals surface area (Å²) < 4.78 is 0. The van der Waals surface area contributed by atoms with Crippen LogP contribution < -0.4 is 0 Å². The van der Waals surface area contributed by atoms with Gasteiger partial charge in [0.1, 0.15) is 0 Å². The molecule has 1 aliphatic carbocycles. The van der Waals surface area contributed by atoms with Crippen LogP contribution in [-0.2, 0) is 4.79 Å². The van der Waals surface area contributed by atoms with E-state index in [2.05, 4.69) is 84.9 Å². The zero-order valence-corrected chi connectivity index (χ0v) is 19.1. The fraction of sp³-hybridized carbons (Fsp3) is 0.393. The molecule has 152 valence electrons. The third-order valence-electron chi connectivity index (χ3n) is 6.29. The minimum atomic E-state index is 0.230. The molecule has 0 bridgehead atoms. The Hall–Kier alpha value is -2.41. The topological polar surface area (TPSA) is 17.1 Å². The molecule has 0 N–H and O–H groups in total. The monoisotopic (exact) mass is 386 g/mol. The molecule has 0 saturated heterocycles. The summed E-state index contributed by atoms with van der Waals surface area (Å²) in [5.74, 6) is 0.760. The summed E-state index contributed by atoms with van der Waals surface area (Å²) in [6.07, 6.45) is 7.18. The number of Topliss-reactive ketones (excluding diaryl/α,β-unsaturated/α-hetero) is 1. The highest BCUT2D eigenvalue weighted by Gasteiger charge is 2.27. The van der Waals surface area contributed by atoms with Gasteiger partial charge in [0.15, 0.2) is 5.78 Å². The van der Waals surface area contributed by atoms with Crippen LogP contribution in [0.25, 0.3) is 12.2 Å². The zero-order valence-electron chi connectivity index (χ0n) is 19.1. The van der Waals surface area contributed by atoms with Crippen molar-refractivity contribution in [1.82, 2.24) is 0 Å². The molecule has 2 aromatic rings. The van der Waals surface area contributed by atoms with E-state index in [9.17, 15) is 4.79 Å². The van der Waals surface area contributed by atoms with Gasteiger partial charge in [0, 0.05) is 11.1 Å². The lowest BCUT2D eigenvalue weighted by Gasteiger charge is -2.25. The minimum Gasteiger partial charge on any atom is -0.289 e. The molecule has 2 aromatic carbocycles. The van der Waals surface area contributed by atoms with Gasteiger partial charge in [-0.2, -0.15) is 0 Å². The van der Waals surface area contributed by atoms with Crippen molar-refractivity contribution < 1.29 is 4.79 Å². The Bertz CT molecular complexity index is 891. The summed E-state index contributed by atoms with van der Waals surface area (Å²) in [6.45, 7) is 15.1. The smallest absolute Gasteiger partial charge is 0.185 e. The Morgan fingerprint density at radius 2 is 1.07 bits per heavy atom. The Morgan fingerprint density at radius 3 is 1.38 bits per heavy atom. The molecule has 1 fully saturated rings. The maximum atomic E-state index is 13.4. The molecule has 0 atom stereocenters. The number of carbonyl (C=O) groups is 1. The Balaban J connectivity index is 2.07. The maximum Gasteiger partial charge on any atom is 0.185 e. The first-order valence-corrected chi connectivity index (χ1v) is 10.8. The molecule has 0 aliphatic heterocycles. The van der Waals surface area contributed by atoms with Crippen LogP contribution >= 0.6 is 0 Å². The van der Waals surface area contributed by atoms with E-state index in [1.54, 1.807) is 0 Å². The summed E-state index contributed by atoms with van der Waals surface area (Å²) in [5, 5.41) is 0. The number of rotatable bonds is 3. The van der Waals surface area contributed by atoms with E-state index in [4.69, 9.17) is 0 Å². The van der Waals surface area contributed by atoms with E-state index < -0.39 is 0 Å². The van der Waals surface area contributed by atoms with Crippen LogP contribution in [0.3, 0.4) is 0 Å². The van der Waals surface area contributed by atoms with E-state index in [-0.39, 0.29) is 5.78 Å². The van der Waals surface area contributed by atoms with Gasteiger partial charge in [-0.05, 0) is 106 Å². The lowest BCUT2D eigenvalue weighted by molar-refractivity contribution is -0.113. The van der Waals surface area contributed by atoms with Crippen molar-refractivity contribution >= 4 is 17.9 Å². The van der Waals surface area contributed by atoms with Crippen molar-refractivity contribution in [2.75, 3.05) is 0 Å². The zero-order chi connectivity index (χ0) is 21.3. The Morgan fingerprint density at radius 1 is 0.724 bits per heavy atom. The minimum absolute atomic E-state index is 0.230. The average molecular weight is 387 g/mol. The number of aryl methyl sites for hydroxylation is 6. The van der Waals surface area contributed by atoms with Crippen molar-refractivity contribution in [3.63, 3.8) is 0 Å². The van der Waals surface area contributed by atoms with E-state index in [0.29, 0.717) is 5.92 Å². The molecule has 1 aliphatic rings. The van der Waals surface area contributed by atoms with Crippen LogP contribution in [0.15, 0.2) is 35.4 Å². The predicted octanol–water partition coefficient (Wildman–Crippen LogP) is 7.39. The van der Waals surface area contributed by atoms with Gasteiger partial charge < -0.3 is 0 Å².